The molecule has 0 unspecified atom stereocenters. The molecule has 0 aromatic carbocycles. The van der Waals surface area contributed by atoms with E-state index in [1.54, 1.807) is 16.9 Å². The zero-order valence-electron chi connectivity index (χ0n) is 10.2. The molecule has 1 saturated heterocycles. The Labute approximate surface area is 109 Å². The molecule has 18 heavy (non-hydrogen) atoms. The van der Waals surface area contributed by atoms with Crippen LogP contribution in [0.4, 0.5) is 0 Å². The average Bonchev–Trinajstić information content (AvgIpc) is 2.89. The van der Waals surface area contributed by atoms with Crippen molar-refractivity contribution in [1.29, 1.82) is 0 Å². The van der Waals surface area contributed by atoms with Crippen molar-refractivity contribution in [3.63, 3.8) is 0 Å². The summed E-state index contributed by atoms with van der Waals surface area (Å²) in [4.78, 5) is 18.6. The van der Waals surface area contributed by atoms with Crippen LogP contribution in [0.3, 0.4) is 0 Å². The minimum Gasteiger partial charge on any atom is -0.337 e. The summed E-state index contributed by atoms with van der Waals surface area (Å²) in [5.74, 6) is 2.10. The van der Waals surface area contributed by atoms with Gasteiger partial charge in [0.25, 0.3) is 5.91 Å². The van der Waals surface area contributed by atoms with Crippen molar-refractivity contribution in [2.45, 2.75) is 6.92 Å². The van der Waals surface area contributed by atoms with Crippen LogP contribution in [0.1, 0.15) is 16.1 Å². The lowest BCUT2D eigenvalue weighted by Crippen LogP contribution is -2.38. The molecular weight excluding hydrogens is 248 g/mol. The fourth-order valence-electron chi connectivity index (χ4n) is 2.14. The molecule has 0 aliphatic carbocycles. The van der Waals surface area contributed by atoms with Crippen molar-refractivity contribution in [3.05, 3.63) is 29.7 Å². The van der Waals surface area contributed by atoms with Crippen molar-refractivity contribution >= 4 is 23.3 Å². The first-order valence-electron chi connectivity index (χ1n) is 5.94. The van der Waals surface area contributed by atoms with E-state index in [9.17, 15) is 4.79 Å². The van der Waals surface area contributed by atoms with E-state index >= 15 is 0 Å². The molecule has 6 heteroatoms. The summed E-state index contributed by atoms with van der Waals surface area (Å²) in [6, 6.07) is 1.83. The Balaban J connectivity index is 1.97. The van der Waals surface area contributed by atoms with Gasteiger partial charge in [-0.1, -0.05) is 0 Å². The summed E-state index contributed by atoms with van der Waals surface area (Å²) in [6.45, 7) is 3.55. The molecule has 2 aromatic heterocycles. The number of fused-ring (bicyclic) bond motifs is 1. The van der Waals surface area contributed by atoms with E-state index in [0.717, 1.165) is 35.9 Å². The molecule has 0 radical (unpaired) electrons. The van der Waals surface area contributed by atoms with Gasteiger partial charge in [0.2, 0.25) is 0 Å². The molecule has 0 atom stereocenters. The number of carbonyl (C=O) groups excluding carboxylic acids is 1. The SMILES string of the molecule is Cc1c(C(=O)N2CCSCC2)cnc2ccnn12. The molecule has 1 amide bonds. The van der Waals surface area contributed by atoms with Crippen LogP contribution in [0.5, 0.6) is 0 Å². The minimum atomic E-state index is 0.0673. The Bertz CT molecular complexity index is 589. The van der Waals surface area contributed by atoms with E-state index in [4.69, 9.17) is 0 Å². The number of aryl methyl sites for hydroxylation is 1. The van der Waals surface area contributed by atoms with Gasteiger partial charge in [-0.15, -0.1) is 0 Å². The van der Waals surface area contributed by atoms with Gasteiger partial charge in [0, 0.05) is 36.9 Å². The number of nitrogens with zero attached hydrogens (tertiary/aromatic N) is 4. The largest absolute Gasteiger partial charge is 0.337 e. The highest BCUT2D eigenvalue weighted by atomic mass is 32.2. The summed E-state index contributed by atoms with van der Waals surface area (Å²) in [7, 11) is 0. The third kappa shape index (κ3) is 1.86. The fourth-order valence-corrected chi connectivity index (χ4v) is 3.04. The van der Waals surface area contributed by atoms with Crippen LogP contribution in [-0.4, -0.2) is 50.0 Å². The lowest BCUT2D eigenvalue weighted by molar-refractivity contribution is 0.0770. The van der Waals surface area contributed by atoms with E-state index in [-0.39, 0.29) is 5.91 Å². The predicted molar refractivity (Wildman–Crippen MR) is 71.0 cm³/mol. The maximum absolute atomic E-state index is 12.4. The number of hydrogen-bond acceptors (Lipinski definition) is 4. The predicted octanol–water partition coefficient (Wildman–Crippen LogP) is 1.23. The topological polar surface area (TPSA) is 50.5 Å². The minimum absolute atomic E-state index is 0.0673. The van der Waals surface area contributed by atoms with Gasteiger partial charge in [0.15, 0.2) is 5.65 Å². The van der Waals surface area contributed by atoms with Gasteiger partial charge in [-0.25, -0.2) is 9.50 Å². The van der Waals surface area contributed by atoms with Crippen LogP contribution in [0.2, 0.25) is 0 Å². The van der Waals surface area contributed by atoms with Gasteiger partial charge in [-0.05, 0) is 6.92 Å². The second kappa shape index (κ2) is 4.61. The highest BCUT2D eigenvalue weighted by Gasteiger charge is 2.21. The maximum atomic E-state index is 12.4. The standard InChI is InChI=1S/C12H14N4OS/c1-9-10(8-13-11-2-3-14-16(9)11)12(17)15-4-6-18-7-5-15/h2-3,8H,4-7H2,1H3. The molecule has 0 spiro atoms. The number of hydrogen-bond donors (Lipinski definition) is 0. The number of rotatable bonds is 1. The van der Waals surface area contributed by atoms with Gasteiger partial charge < -0.3 is 4.90 Å². The number of amides is 1. The van der Waals surface area contributed by atoms with Gasteiger partial charge in [-0.3, -0.25) is 4.79 Å². The third-order valence-electron chi connectivity index (χ3n) is 3.18. The first-order valence-corrected chi connectivity index (χ1v) is 7.09. The summed E-state index contributed by atoms with van der Waals surface area (Å²) in [5, 5.41) is 4.19. The van der Waals surface area contributed by atoms with Crippen LogP contribution in [0.15, 0.2) is 18.5 Å². The molecular formula is C12H14N4OS. The molecule has 0 N–H and O–H groups in total. The van der Waals surface area contributed by atoms with Crippen molar-refractivity contribution in [3.8, 4) is 0 Å². The second-order valence-corrected chi connectivity index (χ2v) is 5.49. The molecule has 1 fully saturated rings. The van der Waals surface area contributed by atoms with E-state index in [1.165, 1.54) is 0 Å². The van der Waals surface area contributed by atoms with Gasteiger partial charge >= 0.3 is 0 Å². The lowest BCUT2D eigenvalue weighted by Gasteiger charge is -2.26. The highest BCUT2D eigenvalue weighted by Crippen LogP contribution is 2.15. The molecule has 1 aliphatic heterocycles. The van der Waals surface area contributed by atoms with Crippen LogP contribution in [-0.2, 0) is 0 Å². The van der Waals surface area contributed by atoms with E-state index in [1.807, 2.05) is 29.7 Å². The molecule has 94 valence electrons. The smallest absolute Gasteiger partial charge is 0.257 e. The zero-order chi connectivity index (χ0) is 12.5. The van der Waals surface area contributed by atoms with Crippen molar-refractivity contribution in [2.24, 2.45) is 0 Å². The van der Waals surface area contributed by atoms with Gasteiger partial charge in [0.1, 0.15) is 0 Å². The monoisotopic (exact) mass is 262 g/mol. The first kappa shape index (κ1) is 11.5. The van der Waals surface area contributed by atoms with Crippen molar-refractivity contribution in [2.75, 3.05) is 24.6 Å². The lowest BCUT2D eigenvalue weighted by atomic mass is 10.2. The molecule has 0 bridgehead atoms. The van der Waals surface area contributed by atoms with E-state index in [0.29, 0.717) is 5.56 Å². The van der Waals surface area contributed by atoms with Gasteiger partial charge in [-0.2, -0.15) is 16.9 Å². The number of aromatic nitrogens is 3. The van der Waals surface area contributed by atoms with Crippen molar-refractivity contribution in [1.82, 2.24) is 19.5 Å². The molecule has 0 saturated carbocycles. The van der Waals surface area contributed by atoms with Crippen LogP contribution >= 0.6 is 11.8 Å². The Morgan fingerprint density at radius 2 is 2.17 bits per heavy atom. The first-order chi connectivity index (χ1) is 8.77. The van der Waals surface area contributed by atoms with Crippen LogP contribution < -0.4 is 0 Å². The summed E-state index contributed by atoms with van der Waals surface area (Å²) >= 11 is 1.89. The molecule has 2 aromatic rings. The zero-order valence-corrected chi connectivity index (χ0v) is 11.0. The Morgan fingerprint density at radius 1 is 1.39 bits per heavy atom. The summed E-state index contributed by atoms with van der Waals surface area (Å²) in [5.41, 5.74) is 2.28. The van der Waals surface area contributed by atoms with Crippen LogP contribution in [0.25, 0.3) is 5.65 Å². The summed E-state index contributed by atoms with van der Waals surface area (Å²) < 4.78 is 1.71. The summed E-state index contributed by atoms with van der Waals surface area (Å²) in [6.07, 6.45) is 3.36. The normalized spacial score (nSPS) is 16.2. The van der Waals surface area contributed by atoms with Crippen LogP contribution in [0, 0.1) is 6.92 Å². The Kier molecular flexibility index (Phi) is 2.95. The number of carbonyl (C=O) groups is 1. The molecule has 3 heterocycles. The molecule has 5 nitrogen and oxygen atoms in total. The van der Waals surface area contributed by atoms with Gasteiger partial charge in [0.05, 0.1) is 17.5 Å². The third-order valence-corrected chi connectivity index (χ3v) is 4.13. The Hall–Kier alpha value is -1.56. The van der Waals surface area contributed by atoms with E-state index < -0.39 is 0 Å². The fraction of sp³-hybridized carbons (Fsp3) is 0.417. The molecule has 1 aliphatic rings. The Morgan fingerprint density at radius 3 is 2.94 bits per heavy atom. The average molecular weight is 262 g/mol. The quantitative estimate of drug-likeness (QED) is 0.775. The maximum Gasteiger partial charge on any atom is 0.257 e. The van der Waals surface area contributed by atoms with E-state index in [2.05, 4.69) is 10.1 Å². The molecule has 3 rings (SSSR count). The highest BCUT2D eigenvalue weighted by molar-refractivity contribution is 7.99. The van der Waals surface area contributed by atoms with Crippen molar-refractivity contribution < 1.29 is 4.79 Å². The second-order valence-electron chi connectivity index (χ2n) is 4.26. The number of thioether (sulfide) groups is 1.